The highest BCUT2D eigenvalue weighted by atomic mass is 16.5. The van der Waals surface area contributed by atoms with Gasteiger partial charge in [-0.2, -0.15) is 0 Å². The molecule has 7 nitrogen and oxygen atoms in total. The summed E-state index contributed by atoms with van der Waals surface area (Å²) >= 11 is 0. The Kier molecular flexibility index (Phi) is 6.19. The molecule has 0 radical (unpaired) electrons. The highest BCUT2D eigenvalue weighted by Gasteiger charge is 2.39. The van der Waals surface area contributed by atoms with Crippen molar-refractivity contribution in [2.24, 2.45) is 0 Å². The van der Waals surface area contributed by atoms with Gasteiger partial charge in [-0.25, -0.2) is 9.59 Å². The number of carbonyl (C=O) groups excluding carboxylic acids is 1. The Morgan fingerprint density at radius 3 is 2.58 bits per heavy atom. The number of carboxylic acid groups (broad SMARTS) is 1. The number of dihydropyridines is 1. The summed E-state index contributed by atoms with van der Waals surface area (Å²) < 4.78 is 10.5. The maximum atomic E-state index is 12.4. The minimum Gasteiger partial charge on any atom is -0.489 e. The van der Waals surface area contributed by atoms with E-state index < -0.39 is 24.5 Å². The Bertz CT molecular complexity index is 793. The molecule has 0 saturated heterocycles. The molecule has 0 aromatic heterocycles. The molecule has 1 atom stereocenters. The number of benzene rings is 1. The number of nitrogens with one attached hydrogen (secondary N) is 1. The highest BCUT2D eigenvalue weighted by molar-refractivity contribution is 5.99. The molecule has 1 aromatic rings. The fourth-order valence-electron chi connectivity index (χ4n) is 2.97. The van der Waals surface area contributed by atoms with Crippen molar-refractivity contribution >= 4 is 11.9 Å². The third kappa shape index (κ3) is 3.62. The largest absolute Gasteiger partial charge is 0.489 e. The lowest BCUT2D eigenvalue weighted by atomic mass is 9.80. The molecule has 1 aromatic carbocycles. The first-order chi connectivity index (χ1) is 12.5. The van der Waals surface area contributed by atoms with Crippen molar-refractivity contribution in [3.8, 4) is 5.75 Å². The van der Waals surface area contributed by atoms with Crippen molar-refractivity contribution in [2.75, 3.05) is 20.3 Å². The SMILES string of the molecule is C=CCOc1ccccc1C1C(C(=O)O)=C(C)NC(CO)=C1C(=O)OC. The Morgan fingerprint density at radius 2 is 2.00 bits per heavy atom. The number of aliphatic hydroxyl groups is 1. The molecule has 1 aliphatic heterocycles. The van der Waals surface area contributed by atoms with E-state index in [0.717, 1.165) is 0 Å². The van der Waals surface area contributed by atoms with E-state index in [2.05, 4.69) is 11.9 Å². The van der Waals surface area contributed by atoms with Crippen molar-refractivity contribution in [3.63, 3.8) is 0 Å². The van der Waals surface area contributed by atoms with Gasteiger partial charge < -0.3 is 25.0 Å². The number of methoxy groups -OCH3 is 1. The maximum absolute atomic E-state index is 12.4. The standard InChI is InChI=1S/C19H21NO6/c1-4-9-26-14-8-6-5-7-12(14)16-15(18(22)23)11(2)20-13(10-21)17(16)19(24)25-3/h4-8,16,20-21H,1,9-10H2,2-3H3,(H,22,23). The summed E-state index contributed by atoms with van der Waals surface area (Å²) in [6.45, 7) is 4.92. The average molecular weight is 359 g/mol. The summed E-state index contributed by atoms with van der Waals surface area (Å²) in [6.07, 6.45) is 1.56. The first-order valence-corrected chi connectivity index (χ1v) is 7.92. The zero-order valence-electron chi connectivity index (χ0n) is 14.6. The minimum absolute atomic E-state index is 0.0164. The lowest BCUT2D eigenvalue weighted by molar-refractivity contribution is -0.136. The number of ether oxygens (including phenoxy) is 2. The first-order valence-electron chi connectivity index (χ1n) is 7.92. The van der Waals surface area contributed by atoms with E-state index in [1.165, 1.54) is 7.11 Å². The molecular weight excluding hydrogens is 338 g/mol. The van der Waals surface area contributed by atoms with Gasteiger partial charge in [-0.15, -0.1) is 0 Å². The van der Waals surface area contributed by atoms with Crippen LogP contribution in [0.1, 0.15) is 18.4 Å². The van der Waals surface area contributed by atoms with E-state index >= 15 is 0 Å². The molecule has 3 N–H and O–H groups in total. The second kappa shape index (κ2) is 8.35. The number of esters is 1. The van der Waals surface area contributed by atoms with Gasteiger partial charge in [0.1, 0.15) is 12.4 Å². The average Bonchev–Trinajstić information content (AvgIpc) is 2.64. The van der Waals surface area contributed by atoms with Gasteiger partial charge in [-0.05, 0) is 13.0 Å². The molecule has 0 fully saturated rings. The number of aliphatic carboxylic acids is 1. The van der Waals surface area contributed by atoms with Crippen LogP contribution in [0.4, 0.5) is 0 Å². The van der Waals surface area contributed by atoms with E-state index in [9.17, 15) is 19.8 Å². The van der Waals surface area contributed by atoms with Crippen LogP contribution in [0.2, 0.25) is 0 Å². The number of rotatable bonds is 7. The van der Waals surface area contributed by atoms with Crippen molar-refractivity contribution in [2.45, 2.75) is 12.8 Å². The van der Waals surface area contributed by atoms with Crippen molar-refractivity contribution in [3.05, 3.63) is 65.0 Å². The Balaban J connectivity index is 2.74. The molecule has 0 amide bonds. The molecular formula is C19H21NO6. The van der Waals surface area contributed by atoms with Crippen LogP contribution in [0.3, 0.4) is 0 Å². The minimum atomic E-state index is -1.18. The van der Waals surface area contributed by atoms with E-state index in [4.69, 9.17) is 9.47 Å². The number of allylic oxidation sites excluding steroid dienone is 1. The summed E-state index contributed by atoms with van der Waals surface area (Å²) in [7, 11) is 1.20. The molecule has 26 heavy (non-hydrogen) atoms. The van der Waals surface area contributed by atoms with Gasteiger partial charge in [0.2, 0.25) is 0 Å². The summed E-state index contributed by atoms with van der Waals surface area (Å²) in [6, 6.07) is 6.83. The van der Waals surface area contributed by atoms with E-state index in [-0.39, 0.29) is 23.5 Å². The number of aliphatic hydroxyl groups excluding tert-OH is 1. The number of carbonyl (C=O) groups is 2. The Morgan fingerprint density at radius 1 is 1.31 bits per heavy atom. The molecule has 0 aliphatic carbocycles. The van der Waals surface area contributed by atoms with Gasteiger partial charge in [-0.1, -0.05) is 30.9 Å². The van der Waals surface area contributed by atoms with Gasteiger partial charge in [-0.3, -0.25) is 0 Å². The lowest BCUT2D eigenvalue weighted by Crippen LogP contribution is -2.33. The third-order valence-corrected chi connectivity index (χ3v) is 4.03. The van der Waals surface area contributed by atoms with Crippen LogP contribution >= 0.6 is 0 Å². The van der Waals surface area contributed by atoms with Gasteiger partial charge in [0.15, 0.2) is 0 Å². The molecule has 1 aliphatic rings. The summed E-state index contributed by atoms with van der Waals surface area (Å²) in [5, 5.41) is 22.2. The molecule has 7 heteroatoms. The summed E-state index contributed by atoms with van der Waals surface area (Å²) in [5.74, 6) is -2.44. The van der Waals surface area contributed by atoms with Gasteiger partial charge in [0, 0.05) is 11.3 Å². The number of carboxylic acids is 1. The van der Waals surface area contributed by atoms with Crippen LogP contribution in [-0.2, 0) is 14.3 Å². The van der Waals surface area contributed by atoms with Crippen LogP contribution in [0, 0.1) is 0 Å². The highest BCUT2D eigenvalue weighted by Crippen LogP contribution is 2.42. The molecule has 0 bridgehead atoms. The van der Waals surface area contributed by atoms with Gasteiger partial charge in [0.05, 0.1) is 36.5 Å². The zero-order chi connectivity index (χ0) is 19.3. The number of hydrogen-bond donors (Lipinski definition) is 3. The Hall–Kier alpha value is -3.06. The monoisotopic (exact) mass is 359 g/mol. The quantitative estimate of drug-likeness (QED) is 0.503. The summed E-state index contributed by atoms with van der Waals surface area (Å²) in [4.78, 5) is 24.3. The lowest BCUT2D eigenvalue weighted by Gasteiger charge is -2.30. The predicted octanol–water partition coefficient (Wildman–Crippen LogP) is 1.72. The second-order valence-corrected chi connectivity index (χ2v) is 5.58. The fourth-order valence-corrected chi connectivity index (χ4v) is 2.97. The third-order valence-electron chi connectivity index (χ3n) is 4.03. The van der Waals surface area contributed by atoms with E-state index in [1.807, 2.05) is 0 Å². The number of hydrogen-bond acceptors (Lipinski definition) is 6. The molecule has 0 spiro atoms. The van der Waals surface area contributed by atoms with E-state index in [1.54, 1.807) is 37.3 Å². The van der Waals surface area contributed by atoms with Crippen molar-refractivity contribution in [1.82, 2.24) is 5.32 Å². The second-order valence-electron chi connectivity index (χ2n) is 5.58. The fraction of sp³-hybridized carbons (Fsp3) is 0.263. The van der Waals surface area contributed by atoms with Crippen molar-refractivity contribution < 1.29 is 29.3 Å². The molecule has 138 valence electrons. The Labute approximate surface area is 151 Å². The molecule has 0 saturated carbocycles. The normalized spacial score (nSPS) is 16.8. The smallest absolute Gasteiger partial charge is 0.336 e. The first kappa shape index (κ1) is 19.3. The molecule has 1 heterocycles. The van der Waals surface area contributed by atoms with Crippen LogP contribution in [0.5, 0.6) is 5.75 Å². The maximum Gasteiger partial charge on any atom is 0.336 e. The van der Waals surface area contributed by atoms with Gasteiger partial charge in [0.25, 0.3) is 0 Å². The molecule has 2 rings (SSSR count). The van der Waals surface area contributed by atoms with Crippen LogP contribution in [0.15, 0.2) is 59.5 Å². The molecule has 1 unspecified atom stereocenters. The van der Waals surface area contributed by atoms with Crippen LogP contribution in [0.25, 0.3) is 0 Å². The predicted molar refractivity (Wildman–Crippen MR) is 94.5 cm³/mol. The van der Waals surface area contributed by atoms with Gasteiger partial charge >= 0.3 is 11.9 Å². The summed E-state index contributed by atoms with van der Waals surface area (Å²) in [5.41, 5.74) is 1.03. The topological polar surface area (TPSA) is 105 Å². The van der Waals surface area contributed by atoms with Crippen molar-refractivity contribution in [1.29, 1.82) is 0 Å². The van der Waals surface area contributed by atoms with Crippen LogP contribution < -0.4 is 10.1 Å². The number of para-hydroxylation sites is 1. The van der Waals surface area contributed by atoms with E-state index in [0.29, 0.717) is 17.0 Å². The van der Waals surface area contributed by atoms with Crippen LogP contribution in [-0.4, -0.2) is 42.5 Å². The zero-order valence-corrected chi connectivity index (χ0v) is 14.6.